The smallest absolute Gasteiger partial charge is 0.234 e. The normalized spacial score (nSPS) is 15.2. The fraction of sp³-hybridized carbons (Fsp3) is 0.350. The number of amides is 1. The first-order valence-corrected chi connectivity index (χ1v) is 8.93. The predicted molar refractivity (Wildman–Crippen MR) is 97.8 cm³/mol. The van der Waals surface area contributed by atoms with Crippen molar-refractivity contribution in [2.45, 2.75) is 38.4 Å². The molecule has 2 aromatic rings. The van der Waals surface area contributed by atoms with E-state index in [-0.39, 0.29) is 24.3 Å². The maximum absolute atomic E-state index is 14.1. The van der Waals surface area contributed by atoms with Gasteiger partial charge in [-0.05, 0) is 43.5 Å². The Morgan fingerprint density at radius 1 is 1.24 bits per heavy atom. The fourth-order valence-corrected chi connectivity index (χ4v) is 3.13. The molecule has 1 amide bonds. The molecule has 2 aromatic carbocycles. The molecule has 0 saturated heterocycles. The Kier molecular flexibility index (Phi) is 5.71. The summed E-state index contributed by atoms with van der Waals surface area (Å²) < 4.78 is 14.1. The Hall–Kier alpha value is -1.91. The fourth-order valence-electron chi connectivity index (χ4n) is 3.01. The molecule has 25 heavy (non-hydrogen) atoms. The Balaban J connectivity index is 1.60. The number of nitrogens with one attached hydrogen (secondary N) is 1. The van der Waals surface area contributed by atoms with E-state index in [2.05, 4.69) is 10.2 Å². The lowest BCUT2D eigenvalue weighted by atomic mass is 10.1. The van der Waals surface area contributed by atoms with Crippen molar-refractivity contribution >= 4 is 17.5 Å². The minimum absolute atomic E-state index is 0.0509. The summed E-state index contributed by atoms with van der Waals surface area (Å²) in [5, 5.41) is 3.61. The van der Waals surface area contributed by atoms with Crippen LogP contribution in [0.4, 0.5) is 4.39 Å². The summed E-state index contributed by atoms with van der Waals surface area (Å²) in [6, 6.07) is 14.4. The van der Waals surface area contributed by atoms with Gasteiger partial charge in [0.2, 0.25) is 5.91 Å². The van der Waals surface area contributed by atoms with E-state index in [1.807, 2.05) is 25.1 Å². The summed E-state index contributed by atoms with van der Waals surface area (Å²) in [5.74, 6) is -0.271. The highest BCUT2D eigenvalue weighted by Crippen LogP contribution is 2.34. The minimum Gasteiger partial charge on any atom is -0.351 e. The number of rotatable bonds is 7. The van der Waals surface area contributed by atoms with Crippen LogP contribution < -0.4 is 5.32 Å². The van der Waals surface area contributed by atoms with Gasteiger partial charge in [-0.3, -0.25) is 9.69 Å². The molecule has 3 rings (SSSR count). The zero-order chi connectivity index (χ0) is 17.8. The molecule has 132 valence electrons. The summed E-state index contributed by atoms with van der Waals surface area (Å²) in [6.07, 6.45) is 2.12. The van der Waals surface area contributed by atoms with Crippen LogP contribution in [0.5, 0.6) is 0 Å². The number of halogens is 2. The van der Waals surface area contributed by atoms with Crippen LogP contribution in [0.1, 0.15) is 36.9 Å². The van der Waals surface area contributed by atoms with Gasteiger partial charge in [0.15, 0.2) is 0 Å². The zero-order valence-corrected chi connectivity index (χ0v) is 15.0. The SMILES string of the molecule is CC(c1ccccc1F)N(CC(=O)NCc1ccc(Cl)cc1)C1CC1. The Morgan fingerprint density at radius 2 is 1.92 bits per heavy atom. The van der Waals surface area contributed by atoms with Crippen molar-refractivity contribution < 1.29 is 9.18 Å². The van der Waals surface area contributed by atoms with Gasteiger partial charge in [0.25, 0.3) is 0 Å². The van der Waals surface area contributed by atoms with Gasteiger partial charge in [0, 0.05) is 29.2 Å². The van der Waals surface area contributed by atoms with Crippen LogP contribution in [0.15, 0.2) is 48.5 Å². The molecule has 0 radical (unpaired) electrons. The second-order valence-corrected chi connectivity index (χ2v) is 6.94. The molecule has 1 saturated carbocycles. The molecule has 0 aliphatic heterocycles. The van der Waals surface area contributed by atoms with Crippen molar-refractivity contribution in [1.29, 1.82) is 0 Å². The molecule has 3 nitrogen and oxygen atoms in total. The van der Waals surface area contributed by atoms with Gasteiger partial charge in [-0.15, -0.1) is 0 Å². The lowest BCUT2D eigenvalue weighted by Gasteiger charge is -2.29. The van der Waals surface area contributed by atoms with Crippen LogP contribution in [0.25, 0.3) is 0 Å². The molecular formula is C20H22ClFN2O. The maximum Gasteiger partial charge on any atom is 0.234 e. The van der Waals surface area contributed by atoms with E-state index >= 15 is 0 Å². The van der Waals surface area contributed by atoms with Crippen molar-refractivity contribution in [3.8, 4) is 0 Å². The van der Waals surface area contributed by atoms with Crippen molar-refractivity contribution in [3.63, 3.8) is 0 Å². The Labute approximate surface area is 152 Å². The Morgan fingerprint density at radius 3 is 2.56 bits per heavy atom. The van der Waals surface area contributed by atoms with Crippen LogP contribution >= 0.6 is 11.6 Å². The van der Waals surface area contributed by atoms with E-state index in [9.17, 15) is 9.18 Å². The topological polar surface area (TPSA) is 32.3 Å². The van der Waals surface area contributed by atoms with Gasteiger partial charge >= 0.3 is 0 Å². The van der Waals surface area contributed by atoms with Crippen molar-refractivity contribution in [3.05, 3.63) is 70.5 Å². The second-order valence-electron chi connectivity index (χ2n) is 6.50. The molecule has 1 N–H and O–H groups in total. The first-order chi connectivity index (χ1) is 12.0. The molecule has 0 bridgehead atoms. The molecule has 0 aromatic heterocycles. The van der Waals surface area contributed by atoms with Gasteiger partial charge in [-0.1, -0.05) is 41.9 Å². The van der Waals surface area contributed by atoms with Crippen LogP contribution in [0.2, 0.25) is 5.02 Å². The highest BCUT2D eigenvalue weighted by Gasteiger charge is 2.34. The molecule has 1 unspecified atom stereocenters. The Bertz CT molecular complexity index is 731. The number of carbonyl (C=O) groups excluding carboxylic acids is 1. The second kappa shape index (κ2) is 7.98. The molecule has 1 aliphatic rings. The predicted octanol–water partition coefficient (Wildman–Crippen LogP) is 4.32. The summed E-state index contributed by atoms with van der Waals surface area (Å²) >= 11 is 5.87. The minimum atomic E-state index is -0.220. The summed E-state index contributed by atoms with van der Waals surface area (Å²) in [6.45, 7) is 2.69. The molecule has 1 atom stereocenters. The highest BCUT2D eigenvalue weighted by atomic mass is 35.5. The van der Waals surface area contributed by atoms with Gasteiger partial charge < -0.3 is 5.32 Å². The number of hydrogen-bond acceptors (Lipinski definition) is 2. The first-order valence-electron chi connectivity index (χ1n) is 8.56. The lowest BCUT2D eigenvalue weighted by Crippen LogP contribution is -2.39. The molecule has 0 spiro atoms. The van der Waals surface area contributed by atoms with Crippen LogP contribution in [0, 0.1) is 5.82 Å². The quantitative estimate of drug-likeness (QED) is 0.797. The van der Waals surface area contributed by atoms with Crippen molar-refractivity contribution in [1.82, 2.24) is 10.2 Å². The number of nitrogens with zero attached hydrogens (tertiary/aromatic N) is 1. The van der Waals surface area contributed by atoms with Crippen molar-refractivity contribution in [2.24, 2.45) is 0 Å². The average molecular weight is 361 g/mol. The summed E-state index contributed by atoms with van der Waals surface area (Å²) in [4.78, 5) is 14.5. The first kappa shape index (κ1) is 17.9. The van der Waals surface area contributed by atoms with Crippen LogP contribution in [-0.4, -0.2) is 23.4 Å². The third kappa shape index (κ3) is 4.80. The van der Waals surface area contributed by atoms with E-state index in [1.165, 1.54) is 6.07 Å². The van der Waals surface area contributed by atoms with E-state index in [0.29, 0.717) is 23.2 Å². The maximum atomic E-state index is 14.1. The summed E-state index contributed by atoms with van der Waals surface area (Å²) in [7, 11) is 0. The van der Waals surface area contributed by atoms with Gasteiger partial charge in [-0.2, -0.15) is 0 Å². The van der Waals surface area contributed by atoms with Crippen molar-refractivity contribution in [2.75, 3.05) is 6.54 Å². The van der Waals surface area contributed by atoms with E-state index in [4.69, 9.17) is 11.6 Å². The third-order valence-corrected chi connectivity index (χ3v) is 4.85. The largest absolute Gasteiger partial charge is 0.351 e. The van der Waals surface area contributed by atoms with E-state index < -0.39 is 0 Å². The van der Waals surface area contributed by atoms with Crippen LogP contribution in [-0.2, 0) is 11.3 Å². The summed E-state index contributed by atoms with van der Waals surface area (Å²) in [5.41, 5.74) is 1.64. The van der Waals surface area contributed by atoms with E-state index in [0.717, 1.165) is 18.4 Å². The standard InChI is InChI=1S/C20H22ClFN2O/c1-14(18-4-2-3-5-19(18)22)24(17-10-11-17)13-20(25)23-12-15-6-8-16(21)9-7-15/h2-9,14,17H,10-13H2,1H3,(H,23,25). The van der Waals surface area contributed by atoms with E-state index in [1.54, 1.807) is 24.3 Å². The van der Waals surface area contributed by atoms with Crippen LogP contribution in [0.3, 0.4) is 0 Å². The molecule has 1 aliphatic carbocycles. The number of carbonyl (C=O) groups is 1. The monoisotopic (exact) mass is 360 g/mol. The lowest BCUT2D eigenvalue weighted by molar-refractivity contribution is -0.123. The molecule has 1 fully saturated rings. The highest BCUT2D eigenvalue weighted by molar-refractivity contribution is 6.30. The third-order valence-electron chi connectivity index (χ3n) is 4.60. The molecule has 5 heteroatoms. The van der Waals surface area contributed by atoms with Gasteiger partial charge in [0.1, 0.15) is 5.82 Å². The molecule has 0 heterocycles. The van der Waals surface area contributed by atoms with Gasteiger partial charge in [-0.25, -0.2) is 4.39 Å². The number of benzene rings is 2. The van der Waals surface area contributed by atoms with Gasteiger partial charge in [0.05, 0.1) is 6.54 Å². The number of hydrogen-bond donors (Lipinski definition) is 1. The average Bonchev–Trinajstić information content (AvgIpc) is 3.44. The molecular weight excluding hydrogens is 339 g/mol. The zero-order valence-electron chi connectivity index (χ0n) is 14.2.